The molecular formula is C11H13Cl2NO3S. The van der Waals surface area contributed by atoms with Crippen LogP contribution in [0, 0.1) is 0 Å². The zero-order valence-corrected chi connectivity index (χ0v) is 11.9. The van der Waals surface area contributed by atoms with Crippen molar-refractivity contribution in [3.05, 3.63) is 34.9 Å². The second-order valence-electron chi connectivity index (χ2n) is 3.99. The van der Waals surface area contributed by atoms with E-state index < -0.39 is 15.2 Å². The molecule has 2 rings (SSSR count). The van der Waals surface area contributed by atoms with Gasteiger partial charge in [-0.1, -0.05) is 23.7 Å². The van der Waals surface area contributed by atoms with Gasteiger partial charge >= 0.3 is 0 Å². The van der Waals surface area contributed by atoms with E-state index in [1.165, 1.54) is 4.31 Å². The number of hydrogen-bond donors (Lipinski definition) is 0. The normalized spacial score (nSPS) is 22.0. The van der Waals surface area contributed by atoms with E-state index in [4.69, 9.17) is 27.9 Å². The van der Waals surface area contributed by atoms with Crippen LogP contribution >= 0.6 is 23.2 Å². The molecule has 0 aliphatic carbocycles. The average molecular weight is 310 g/mol. The first kappa shape index (κ1) is 14.1. The summed E-state index contributed by atoms with van der Waals surface area (Å²) in [6.07, 6.45) is -0.269. The average Bonchev–Trinajstić information content (AvgIpc) is 2.40. The molecule has 0 radical (unpaired) electrons. The molecule has 7 heteroatoms. The van der Waals surface area contributed by atoms with Crippen LogP contribution in [0.3, 0.4) is 0 Å². The van der Waals surface area contributed by atoms with Gasteiger partial charge in [-0.2, -0.15) is 4.31 Å². The van der Waals surface area contributed by atoms with E-state index in [1.807, 2.05) is 12.1 Å². The monoisotopic (exact) mass is 309 g/mol. The van der Waals surface area contributed by atoms with Crippen molar-refractivity contribution in [1.82, 2.24) is 4.31 Å². The molecule has 18 heavy (non-hydrogen) atoms. The molecule has 1 aliphatic heterocycles. The van der Waals surface area contributed by atoms with Gasteiger partial charge in [-0.05, 0) is 17.7 Å². The number of benzene rings is 1. The van der Waals surface area contributed by atoms with Gasteiger partial charge in [-0.3, -0.25) is 0 Å². The van der Waals surface area contributed by atoms with Crippen molar-refractivity contribution < 1.29 is 13.2 Å². The lowest BCUT2D eigenvalue weighted by atomic mass is 10.1. The molecule has 1 aliphatic rings. The van der Waals surface area contributed by atoms with Gasteiger partial charge in [0.15, 0.2) is 0 Å². The Morgan fingerprint density at radius 1 is 1.33 bits per heavy atom. The number of ether oxygens (including phenoxy) is 1. The van der Waals surface area contributed by atoms with Crippen LogP contribution in [0.25, 0.3) is 0 Å². The smallest absolute Gasteiger partial charge is 0.228 e. The van der Waals surface area contributed by atoms with Crippen molar-refractivity contribution in [3.63, 3.8) is 0 Å². The van der Waals surface area contributed by atoms with Crippen LogP contribution in [0.4, 0.5) is 0 Å². The lowest BCUT2D eigenvalue weighted by Gasteiger charge is -2.31. The summed E-state index contributed by atoms with van der Waals surface area (Å²) in [6.45, 7) is 0.999. The molecule has 0 spiro atoms. The topological polar surface area (TPSA) is 46.6 Å². The molecule has 1 aromatic rings. The third-order valence-electron chi connectivity index (χ3n) is 2.80. The molecular weight excluding hydrogens is 297 g/mol. The van der Waals surface area contributed by atoms with Crippen LogP contribution in [0.1, 0.15) is 11.7 Å². The fourth-order valence-electron chi connectivity index (χ4n) is 1.83. The van der Waals surface area contributed by atoms with Gasteiger partial charge in [-0.15, -0.1) is 11.6 Å². The van der Waals surface area contributed by atoms with Gasteiger partial charge in [0.05, 0.1) is 12.7 Å². The van der Waals surface area contributed by atoms with E-state index in [9.17, 15) is 8.42 Å². The quantitative estimate of drug-likeness (QED) is 0.805. The molecule has 1 saturated heterocycles. The minimum absolute atomic E-state index is 0.269. The van der Waals surface area contributed by atoms with Crippen molar-refractivity contribution in [1.29, 1.82) is 0 Å². The summed E-state index contributed by atoms with van der Waals surface area (Å²) in [4.78, 5) is 0. The van der Waals surface area contributed by atoms with Gasteiger partial charge in [0.2, 0.25) is 10.0 Å². The minimum Gasteiger partial charge on any atom is -0.371 e. The van der Waals surface area contributed by atoms with Crippen molar-refractivity contribution in [3.8, 4) is 0 Å². The first-order chi connectivity index (χ1) is 8.53. The lowest BCUT2D eigenvalue weighted by Crippen LogP contribution is -2.42. The third-order valence-corrected chi connectivity index (χ3v) is 5.28. The first-order valence-corrected chi connectivity index (χ1v) is 7.96. The highest BCUT2D eigenvalue weighted by Crippen LogP contribution is 2.25. The van der Waals surface area contributed by atoms with E-state index >= 15 is 0 Å². The highest BCUT2D eigenvalue weighted by molar-refractivity contribution is 7.90. The van der Waals surface area contributed by atoms with Crippen molar-refractivity contribution in [2.75, 3.05) is 24.9 Å². The highest BCUT2D eigenvalue weighted by atomic mass is 35.5. The summed E-state index contributed by atoms with van der Waals surface area (Å²) in [5.41, 5.74) is 0.911. The maximum absolute atomic E-state index is 11.7. The Morgan fingerprint density at radius 2 is 2.00 bits per heavy atom. The van der Waals surface area contributed by atoms with Crippen LogP contribution in [0.5, 0.6) is 0 Å². The molecule has 100 valence electrons. The molecule has 1 heterocycles. The van der Waals surface area contributed by atoms with Crippen LogP contribution in [-0.2, 0) is 14.8 Å². The molecule has 0 amide bonds. The van der Waals surface area contributed by atoms with Crippen LogP contribution < -0.4 is 0 Å². The van der Waals surface area contributed by atoms with Crippen molar-refractivity contribution in [2.24, 2.45) is 0 Å². The van der Waals surface area contributed by atoms with Gasteiger partial charge in [-0.25, -0.2) is 8.42 Å². The maximum Gasteiger partial charge on any atom is 0.228 e. The fourth-order valence-corrected chi connectivity index (χ4v) is 3.22. The van der Waals surface area contributed by atoms with E-state index in [0.29, 0.717) is 18.2 Å². The van der Waals surface area contributed by atoms with Crippen LogP contribution in [0.15, 0.2) is 24.3 Å². The molecule has 1 fully saturated rings. The second kappa shape index (κ2) is 5.75. The zero-order chi connectivity index (χ0) is 13.2. The number of morpholine rings is 1. The molecule has 0 aromatic heterocycles. The Balaban J connectivity index is 2.14. The van der Waals surface area contributed by atoms with Crippen molar-refractivity contribution >= 4 is 33.2 Å². The molecule has 4 nitrogen and oxygen atoms in total. The third kappa shape index (κ3) is 3.16. The number of sulfonamides is 1. The summed E-state index contributed by atoms with van der Waals surface area (Å²) in [5, 5.41) is 0.236. The zero-order valence-electron chi connectivity index (χ0n) is 9.55. The summed E-state index contributed by atoms with van der Waals surface area (Å²) in [7, 11) is -3.38. The Kier molecular flexibility index (Phi) is 4.50. The number of halogens is 2. The number of rotatable bonds is 3. The molecule has 0 N–H and O–H groups in total. The molecule has 1 atom stereocenters. The van der Waals surface area contributed by atoms with Gasteiger partial charge in [0.1, 0.15) is 5.21 Å². The summed E-state index contributed by atoms with van der Waals surface area (Å²) >= 11 is 11.3. The van der Waals surface area contributed by atoms with E-state index in [1.54, 1.807) is 12.1 Å². The minimum atomic E-state index is -3.38. The standard InChI is InChI=1S/C11H13Cl2NO3S/c12-8-18(15,16)14-5-6-17-11(7-14)9-1-3-10(13)4-2-9/h1-4,11H,5-8H2. The van der Waals surface area contributed by atoms with Gasteiger partial charge < -0.3 is 4.74 Å². The van der Waals surface area contributed by atoms with E-state index in [-0.39, 0.29) is 12.6 Å². The SMILES string of the molecule is O=S(=O)(CCl)N1CCOC(c2ccc(Cl)cc2)C1. The van der Waals surface area contributed by atoms with Gasteiger partial charge in [0.25, 0.3) is 0 Å². The van der Waals surface area contributed by atoms with Gasteiger partial charge in [0, 0.05) is 18.1 Å². The molecule has 0 bridgehead atoms. The Morgan fingerprint density at radius 3 is 2.61 bits per heavy atom. The first-order valence-electron chi connectivity index (χ1n) is 5.44. The van der Waals surface area contributed by atoms with E-state index in [2.05, 4.69) is 0 Å². The largest absolute Gasteiger partial charge is 0.371 e. The second-order valence-corrected chi connectivity index (χ2v) is 6.98. The molecule has 0 saturated carbocycles. The number of nitrogens with zero attached hydrogens (tertiary/aromatic N) is 1. The molecule has 1 aromatic carbocycles. The fraction of sp³-hybridized carbons (Fsp3) is 0.455. The van der Waals surface area contributed by atoms with Crippen LogP contribution in [-0.4, -0.2) is 37.6 Å². The van der Waals surface area contributed by atoms with E-state index in [0.717, 1.165) is 5.56 Å². The maximum atomic E-state index is 11.7. The summed E-state index contributed by atoms with van der Waals surface area (Å²) in [6, 6.07) is 7.19. The predicted molar refractivity (Wildman–Crippen MR) is 71.4 cm³/mol. The molecule has 1 unspecified atom stereocenters. The predicted octanol–water partition coefficient (Wildman–Crippen LogP) is 2.24. The summed E-state index contributed by atoms with van der Waals surface area (Å²) < 4.78 is 30.4. The number of alkyl halides is 1. The summed E-state index contributed by atoms with van der Waals surface area (Å²) in [5.74, 6) is 0. The number of hydrogen-bond acceptors (Lipinski definition) is 3. The lowest BCUT2D eigenvalue weighted by molar-refractivity contribution is -0.00240. The Hall–Kier alpha value is -0.330. The van der Waals surface area contributed by atoms with Crippen LogP contribution in [0.2, 0.25) is 5.02 Å². The Bertz CT molecular complexity index is 504. The van der Waals surface area contributed by atoms with Crippen molar-refractivity contribution in [2.45, 2.75) is 6.10 Å². The highest BCUT2D eigenvalue weighted by Gasteiger charge is 2.29. The Labute approximate surface area is 116 Å².